The molecule has 2 aromatic heterocycles. The molecular weight excluding hydrogens is 849 g/mol. The zero-order valence-corrected chi connectivity index (χ0v) is 38.6. The van der Waals surface area contributed by atoms with Crippen LogP contribution in [0, 0.1) is 17.8 Å². The second kappa shape index (κ2) is 20.0. The van der Waals surface area contributed by atoms with E-state index in [4.69, 9.17) is 24.2 Å². The third-order valence-corrected chi connectivity index (χ3v) is 13.8. The van der Waals surface area contributed by atoms with E-state index in [1.54, 1.807) is 0 Å². The number of benzene rings is 4. The van der Waals surface area contributed by atoms with Gasteiger partial charge in [0.2, 0.25) is 5.91 Å². The first-order valence-corrected chi connectivity index (χ1v) is 23.6. The molecule has 5 atom stereocenters. The van der Waals surface area contributed by atoms with Crippen LogP contribution in [0.3, 0.4) is 0 Å². The fraction of sp³-hybridized carbons (Fsp3) is 0.423. The molecule has 67 heavy (non-hydrogen) atoms. The van der Waals surface area contributed by atoms with Crippen molar-refractivity contribution in [2.24, 2.45) is 17.8 Å². The van der Waals surface area contributed by atoms with Gasteiger partial charge in [-0.25, -0.2) is 19.6 Å². The highest BCUT2D eigenvalue weighted by molar-refractivity contribution is 6.05. The number of nitrogens with one attached hydrogen (secondary N) is 4. The Labute approximate surface area is 390 Å². The average Bonchev–Trinajstić information content (AvgIpc) is 4.22. The summed E-state index contributed by atoms with van der Waals surface area (Å²) in [5.74, 6) is 1.61. The van der Waals surface area contributed by atoms with Crippen LogP contribution in [0.25, 0.3) is 44.2 Å². The Hall–Kier alpha value is -6.74. The van der Waals surface area contributed by atoms with Gasteiger partial charge in [0.1, 0.15) is 23.7 Å². The second-order valence-electron chi connectivity index (χ2n) is 18.6. The van der Waals surface area contributed by atoms with E-state index in [0.29, 0.717) is 43.4 Å². The fourth-order valence-electron chi connectivity index (χ4n) is 10.2. The number of hydrogen-bond acceptors (Lipinski definition) is 9. The number of alkyl carbamates (subject to hydrolysis) is 2. The van der Waals surface area contributed by atoms with E-state index in [1.165, 1.54) is 39.9 Å². The van der Waals surface area contributed by atoms with Gasteiger partial charge >= 0.3 is 12.2 Å². The van der Waals surface area contributed by atoms with Crippen LogP contribution in [0.2, 0.25) is 0 Å². The van der Waals surface area contributed by atoms with E-state index < -0.39 is 24.3 Å². The van der Waals surface area contributed by atoms with Gasteiger partial charge in [-0.05, 0) is 83.7 Å². The Bertz CT molecular complexity index is 2710. The van der Waals surface area contributed by atoms with E-state index in [2.05, 4.69) is 69.1 Å². The first-order valence-electron chi connectivity index (χ1n) is 23.6. The summed E-state index contributed by atoms with van der Waals surface area (Å²) in [6.07, 6.45) is 7.71. The molecule has 1 aliphatic carbocycles. The molecule has 3 aliphatic rings. The van der Waals surface area contributed by atoms with E-state index in [9.17, 15) is 19.2 Å². The predicted octanol–water partition coefficient (Wildman–Crippen LogP) is 9.01. The van der Waals surface area contributed by atoms with Crippen molar-refractivity contribution in [1.82, 2.24) is 40.4 Å². The summed E-state index contributed by atoms with van der Waals surface area (Å²) >= 11 is 0. The van der Waals surface area contributed by atoms with Gasteiger partial charge in [0.15, 0.2) is 0 Å². The number of hydrogen-bond donors (Lipinski definition) is 4. The summed E-state index contributed by atoms with van der Waals surface area (Å²) in [6, 6.07) is 25.9. The van der Waals surface area contributed by atoms with E-state index in [-0.39, 0.29) is 35.7 Å². The Morgan fingerprint density at radius 1 is 0.731 bits per heavy atom. The van der Waals surface area contributed by atoms with Crippen LogP contribution in [-0.2, 0) is 23.8 Å². The Kier molecular flexibility index (Phi) is 13.6. The highest BCUT2D eigenvalue weighted by atomic mass is 16.5. The molecule has 4 aromatic carbocycles. The number of rotatable bonds is 14. The molecule has 2 saturated heterocycles. The van der Waals surface area contributed by atoms with Crippen molar-refractivity contribution in [3.05, 3.63) is 108 Å². The number of methoxy groups -OCH3 is 2. The van der Waals surface area contributed by atoms with Gasteiger partial charge in [-0.2, -0.15) is 0 Å². The van der Waals surface area contributed by atoms with E-state index >= 15 is 0 Å². The number of nitrogens with zero attached hydrogens (tertiary/aromatic N) is 4. The number of ether oxygens (including phenoxy) is 3. The van der Waals surface area contributed by atoms with Crippen molar-refractivity contribution >= 4 is 45.8 Å². The number of H-pyrrole nitrogens is 2. The first-order chi connectivity index (χ1) is 32.6. The zero-order chi connectivity index (χ0) is 46.6. The van der Waals surface area contributed by atoms with Crippen LogP contribution in [0.15, 0.2) is 91.1 Å². The highest BCUT2D eigenvalue weighted by Gasteiger charge is 2.42. The van der Waals surface area contributed by atoms with Gasteiger partial charge in [-0.3, -0.25) is 9.59 Å². The summed E-state index contributed by atoms with van der Waals surface area (Å²) in [4.78, 5) is 73.5. The number of aromatic amines is 2. The van der Waals surface area contributed by atoms with Gasteiger partial charge in [0, 0.05) is 31.0 Å². The standard InChI is InChI=1S/C52H60N8O7/c1-31(2)44(57-51(63)65-3)49(61)59-24-10-15-42(59)47-53-27-41(55-47)35-18-16-34(17-19-35)37-20-22-39-38(26-37)21-23-40-46(39)56-48(54-40)43-25-33(30-67-29-32-11-8-9-12-32)28-60(43)50(62)45(58-52(64)66-4)36-13-6-5-7-14-36/h5-7,13-14,16-23,26-27,31-33,42-45H,8-12,15,24-25,28-30H2,1-4H3,(H,53,55)(H,54,56)(H,57,63)(H,58,64)/t33-,42-,43-,44-,45+/m0/s1. The lowest BCUT2D eigenvalue weighted by Crippen LogP contribution is -2.51. The summed E-state index contributed by atoms with van der Waals surface area (Å²) in [5, 5.41) is 7.53. The average molecular weight is 909 g/mol. The van der Waals surface area contributed by atoms with Crippen LogP contribution >= 0.6 is 0 Å². The summed E-state index contributed by atoms with van der Waals surface area (Å²) in [6.45, 7) is 6.15. The number of imidazole rings is 2. The molecule has 2 aliphatic heterocycles. The lowest BCUT2D eigenvalue weighted by Gasteiger charge is -2.30. The van der Waals surface area contributed by atoms with Crippen molar-refractivity contribution < 1.29 is 33.4 Å². The molecule has 6 aromatic rings. The lowest BCUT2D eigenvalue weighted by atomic mass is 9.99. The monoisotopic (exact) mass is 908 g/mol. The molecule has 15 nitrogen and oxygen atoms in total. The van der Waals surface area contributed by atoms with Gasteiger partial charge in [0.25, 0.3) is 5.91 Å². The van der Waals surface area contributed by atoms with Crippen molar-refractivity contribution in [3.8, 4) is 22.4 Å². The summed E-state index contributed by atoms with van der Waals surface area (Å²) < 4.78 is 16.0. The van der Waals surface area contributed by atoms with Crippen LogP contribution < -0.4 is 10.6 Å². The molecule has 0 unspecified atom stereocenters. The highest BCUT2D eigenvalue weighted by Crippen LogP contribution is 2.39. The van der Waals surface area contributed by atoms with E-state index in [1.807, 2.05) is 66.2 Å². The Morgan fingerprint density at radius 3 is 2.19 bits per heavy atom. The molecule has 4 heterocycles. The van der Waals surface area contributed by atoms with Crippen LogP contribution in [0.4, 0.5) is 9.59 Å². The SMILES string of the molecule is COC(=O)N[C@H](C(=O)N1CCC[C@H]1c1ncc(-c2ccc(-c3ccc4c(ccc5[nH]c([C@@H]6C[C@H](COCC7CCCC7)CN6C(=O)[C@H](NC(=O)OC)c6ccccc6)nc54)c3)cc2)[nH]1)C(C)C. The van der Waals surface area contributed by atoms with Crippen molar-refractivity contribution in [2.75, 3.05) is 40.5 Å². The molecule has 3 fully saturated rings. The van der Waals surface area contributed by atoms with Crippen LogP contribution in [0.5, 0.6) is 0 Å². The smallest absolute Gasteiger partial charge is 0.407 e. The minimum absolute atomic E-state index is 0.0910. The maximum atomic E-state index is 14.6. The third kappa shape index (κ3) is 9.74. The summed E-state index contributed by atoms with van der Waals surface area (Å²) in [5.41, 5.74) is 6.30. The number of likely N-dealkylation sites (tertiary alicyclic amines) is 2. The van der Waals surface area contributed by atoms with Crippen LogP contribution in [-0.4, -0.2) is 100 Å². The number of aromatic nitrogens is 4. The van der Waals surface area contributed by atoms with Gasteiger partial charge < -0.3 is 44.6 Å². The maximum Gasteiger partial charge on any atom is 0.407 e. The maximum absolute atomic E-state index is 14.6. The second-order valence-corrected chi connectivity index (χ2v) is 18.6. The number of carbonyl (C=O) groups is 4. The van der Waals surface area contributed by atoms with Gasteiger partial charge in [-0.15, -0.1) is 0 Å². The number of amides is 4. The quantitative estimate of drug-likeness (QED) is 0.0829. The number of fused-ring (bicyclic) bond motifs is 3. The first kappa shape index (κ1) is 45.4. The topological polar surface area (TPSA) is 184 Å². The van der Waals surface area contributed by atoms with Crippen molar-refractivity contribution in [3.63, 3.8) is 0 Å². The minimum atomic E-state index is -0.939. The minimum Gasteiger partial charge on any atom is -0.453 e. The van der Waals surface area contributed by atoms with Crippen LogP contribution in [0.1, 0.15) is 94.1 Å². The molecule has 0 spiro atoms. The van der Waals surface area contributed by atoms with E-state index in [0.717, 1.165) is 69.5 Å². The Balaban J connectivity index is 0.934. The fourth-order valence-corrected chi connectivity index (χ4v) is 10.2. The molecule has 350 valence electrons. The molecule has 15 heteroatoms. The summed E-state index contributed by atoms with van der Waals surface area (Å²) in [7, 11) is 2.59. The van der Waals surface area contributed by atoms with Crippen molar-refractivity contribution in [1.29, 1.82) is 0 Å². The van der Waals surface area contributed by atoms with Gasteiger partial charge in [-0.1, -0.05) is 99.5 Å². The normalized spacial score (nSPS) is 19.6. The lowest BCUT2D eigenvalue weighted by molar-refractivity contribution is -0.136. The molecule has 4 amide bonds. The zero-order valence-electron chi connectivity index (χ0n) is 38.6. The van der Waals surface area contributed by atoms with Gasteiger partial charge in [0.05, 0.1) is 55.8 Å². The predicted molar refractivity (Wildman–Crippen MR) is 255 cm³/mol. The molecule has 0 radical (unpaired) electrons. The largest absolute Gasteiger partial charge is 0.453 e. The Morgan fingerprint density at radius 2 is 1.45 bits per heavy atom. The molecular formula is C52H60N8O7. The molecule has 4 N–H and O–H groups in total. The third-order valence-electron chi connectivity index (χ3n) is 13.8. The van der Waals surface area contributed by atoms with Crippen molar-refractivity contribution in [2.45, 2.75) is 83.0 Å². The molecule has 9 rings (SSSR count). The molecule has 1 saturated carbocycles. The molecule has 0 bridgehead atoms. The number of carbonyl (C=O) groups excluding carboxylic acids is 4.